The monoisotopic (exact) mass is 437 g/mol. The summed E-state index contributed by atoms with van der Waals surface area (Å²) in [7, 11) is 0. The molecule has 0 saturated heterocycles. The van der Waals surface area contributed by atoms with Crippen molar-refractivity contribution in [2.75, 3.05) is 0 Å². The second-order valence-corrected chi connectivity index (χ2v) is 8.86. The summed E-state index contributed by atoms with van der Waals surface area (Å²) in [5.41, 5.74) is 4.16. The molecule has 0 bridgehead atoms. The number of hydrogen-bond acceptors (Lipinski definition) is 6. The zero-order valence-electron chi connectivity index (χ0n) is 16.7. The summed E-state index contributed by atoms with van der Waals surface area (Å²) >= 11 is 8.01. The summed E-state index contributed by atoms with van der Waals surface area (Å²) < 4.78 is 7.87. The summed E-state index contributed by atoms with van der Waals surface area (Å²) in [4.78, 5) is 0. The Labute approximate surface area is 183 Å². The summed E-state index contributed by atoms with van der Waals surface area (Å²) in [6.45, 7) is 4.16. The average molecular weight is 438 g/mol. The molecule has 5 rings (SSSR count). The van der Waals surface area contributed by atoms with Gasteiger partial charge in [0.2, 0.25) is 11.8 Å². The van der Waals surface area contributed by atoms with Gasteiger partial charge in [0.25, 0.3) is 0 Å². The SMILES string of the molecule is Cc1ccc(C)c(-n2c(SCc3nnc(C4CC4)o3)nnc2-c2ccccc2Cl)c1. The van der Waals surface area contributed by atoms with Gasteiger partial charge in [-0.2, -0.15) is 0 Å². The van der Waals surface area contributed by atoms with Gasteiger partial charge in [-0.1, -0.05) is 47.6 Å². The summed E-state index contributed by atoms with van der Waals surface area (Å²) in [5.74, 6) is 3.04. The molecular weight excluding hydrogens is 418 g/mol. The minimum absolute atomic E-state index is 0.446. The van der Waals surface area contributed by atoms with Crippen LogP contribution in [-0.2, 0) is 5.75 Å². The first kappa shape index (κ1) is 19.3. The number of aromatic nitrogens is 5. The first-order chi connectivity index (χ1) is 14.6. The van der Waals surface area contributed by atoms with Crippen LogP contribution in [0.15, 0.2) is 52.0 Å². The highest BCUT2D eigenvalue weighted by Gasteiger charge is 2.29. The lowest BCUT2D eigenvalue weighted by atomic mass is 10.1. The van der Waals surface area contributed by atoms with Crippen molar-refractivity contribution in [3.63, 3.8) is 0 Å². The van der Waals surface area contributed by atoms with Crippen LogP contribution < -0.4 is 0 Å². The second-order valence-electron chi connectivity index (χ2n) is 7.51. The Morgan fingerprint density at radius 2 is 1.90 bits per heavy atom. The van der Waals surface area contributed by atoms with Gasteiger partial charge in [-0.25, -0.2) is 0 Å². The Kier molecular flexibility index (Phi) is 5.08. The maximum Gasteiger partial charge on any atom is 0.226 e. The van der Waals surface area contributed by atoms with Gasteiger partial charge in [-0.05, 0) is 56.0 Å². The summed E-state index contributed by atoms with van der Waals surface area (Å²) in [5, 5.41) is 18.7. The van der Waals surface area contributed by atoms with E-state index >= 15 is 0 Å². The van der Waals surface area contributed by atoms with Crippen molar-refractivity contribution in [1.29, 1.82) is 0 Å². The number of hydrogen-bond donors (Lipinski definition) is 0. The Balaban J connectivity index is 1.54. The minimum atomic E-state index is 0.446. The van der Waals surface area contributed by atoms with Gasteiger partial charge >= 0.3 is 0 Å². The Morgan fingerprint density at radius 3 is 2.70 bits per heavy atom. The second kappa shape index (κ2) is 7.89. The van der Waals surface area contributed by atoms with E-state index in [1.807, 2.05) is 24.3 Å². The molecule has 1 saturated carbocycles. The molecule has 0 radical (unpaired) electrons. The van der Waals surface area contributed by atoms with E-state index in [1.165, 1.54) is 11.8 Å². The molecular formula is C22H20ClN5OS. The molecule has 1 aliphatic rings. The highest BCUT2D eigenvalue weighted by molar-refractivity contribution is 7.98. The van der Waals surface area contributed by atoms with E-state index in [0.29, 0.717) is 28.4 Å². The third kappa shape index (κ3) is 3.75. The van der Waals surface area contributed by atoms with E-state index in [4.69, 9.17) is 16.0 Å². The van der Waals surface area contributed by atoms with Crippen LogP contribution in [0.2, 0.25) is 5.02 Å². The zero-order chi connectivity index (χ0) is 20.7. The predicted octanol–water partition coefficient (Wildman–Crippen LogP) is 5.76. The molecule has 0 atom stereocenters. The number of nitrogens with zero attached hydrogens (tertiary/aromatic N) is 5. The zero-order valence-corrected chi connectivity index (χ0v) is 18.2. The van der Waals surface area contributed by atoms with Gasteiger partial charge < -0.3 is 4.42 Å². The highest BCUT2D eigenvalue weighted by atomic mass is 35.5. The fourth-order valence-corrected chi connectivity index (χ4v) is 4.31. The first-order valence-corrected chi connectivity index (χ1v) is 11.2. The topological polar surface area (TPSA) is 69.6 Å². The van der Waals surface area contributed by atoms with Crippen molar-refractivity contribution < 1.29 is 4.42 Å². The first-order valence-electron chi connectivity index (χ1n) is 9.83. The van der Waals surface area contributed by atoms with E-state index < -0.39 is 0 Å². The molecule has 4 aromatic rings. The van der Waals surface area contributed by atoms with Crippen molar-refractivity contribution in [3.8, 4) is 17.1 Å². The van der Waals surface area contributed by atoms with Crippen LogP contribution in [0.25, 0.3) is 17.1 Å². The number of aryl methyl sites for hydroxylation is 2. The minimum Gasteiger partial charge on any atom is -0.424 e. The molecule has 2 aromatic heterocycles. The standard InChI is InChI=1S/C22H20ClN5OS/c1-13-7-8-14(2)18(11-13)28-20(16-5-3-4-6-17(16)23)25-27-22(28)30-12-19-24-26-21(29-19)15-9-10-15/h3-8,11,15H,9-10,12H2,1-2H3. The smallest absolute Gasteiger partial charge is 0.226 e. The van der Waals surface area contributed by atoms with E-state index in [-0.39, 0.29) is 0 Å². The molecule has 2 aromatic carbocycles. The molecule has 6 nitrogen and oxygen atoms in total. The third-order valence-electron chi connectivity index (χ3n) is 5.09. The molecule has 0 unspecified atom stereocenters. The van der Waals surface area contributed by atoms with Crippen LogP contribution >= 0.6 is 23.4 Å². The van der Waals surface area contributed by atoms with Crippen molar-refractivity contribution in [1.82, 2.24) is 25.0 Å². The van der Waals surface area contributed by atoms with Crippen molar-refractivity contribution in [2.45, 2.75) is 43.5 Å². The van der Waals surface area contributed by atoms with Gasteiger partial charge in [0, 0.05) is 11.5 Å². The van der Waals surface area contributed by atoms with Crippen LogP contribution in [0.5, 0.6) is 0 Å². The number of rotatable bonds is 6. The van der Waals surface area contributed by atoms with Crippen LogP contribution in [-0.4, -0.2) is 25.0 Å². The third-order valence-corrected chi connectivity index (χ3v) is 6.33. The number of benzene rings is 2. The molecule has 1 aliphatic carbocycles. The van der Waals surface area contributed by atoms with Crippen molar-refractivity contribution in [3.05, 3.63) is 70.4 Å². The van der Waals surface area contributed by atoms with Gasteiger partial charge in [0.05, 0.1) is 16.5 Å². The lowest BCUT2D eigenvalue weighted by Gasteiger charge is -2.14. The van der Waals surface area contributed by atoms with Gasteiger partial charge in [0.1, 0.15) is 0 Å². The molecule has 0 spiro atoms. The van der Waals surface area contributed by atoms with E-state index in [1.54, 1.807) is 0 Å². The molecule has 8 heteroatoms. The fraction of sp³-hybridized carbons (Fsp3) is 0.273. The quantitative estimate of drug-likeness (QED) is 0.357. The molecule has 2 heterocycles. The van der Waals surface area contributed by atoms with Crippen molar-refractivity contribution >= 4 is 23.4 Å². The van der Waals surface area contributed by atoms with E-state index in [0.717, 1.165) is 46.3 Å². The van der Waals surface area contributed by atoms with Crippen LogP contribution in [0.1, 0.15) is 41.7 Å². The lowest BCUT2D eigenvalue weighted by Crippen LogP contribution is -2.03. The molecule has 30 heavy (non-hydrogen) atoms. The van der Waals surface area contributed by atoms with Gasteiger partial charge in [-0.3, -0.25) is 4.57 Å². The van der Waals surface area contributed by atoms with E-state index in [9.17, 15) is 0 Å². The highest BCUT2D eigenvalue weighted by Crippen LogP contribution is 2.39. The molecule has 0 amide bonds. The predicted molar refractivity (Wildman–Crippen MR) is 117 cm³/mol. The normalized spacial score (nSPS) is 13.7. The Bertz CT molecular complexity index is 1210. The maximum absolute atomic E-state index is 6.49. The maximum atomic E-state index is 6.49. The largest absolute Gasteiger partial charge is 0.424 e. The average Bonchev–Trinajstić information content (AvgIpc) is 3.34. The molecule has 152 valence electrons. The van der Waals surface area contributed by atoms with Crippen LogP contribution in [0, 0.1) is 13.8 Å². The van der Waals surface area contributed by atoms with Crippen LogP contribution in [0.4, 0.5) is 0 Å². The molecule has 0 aliphatic heterocycles. The molecule has 1 fully saturated rings. The Hall–Kier alpha value is -2.64. The molecule has 0 N–H and O–H groups in total. The van der Waals surface area contributed by atoms with Crippen molar-refractivity contribution in [2.24, 2.45) is 0 Å². The number of halogens is 1. The van der Waals surface area contributed by atoms with E-state index in [2.05, 4.69) is 57.0 Å². The summed E-state index contributed by atoms with van der Waals surface area (Å²) in [6, 6.07) is 14.0. The fourth-order valence-electron chi connectivity index (χ4n) is 3.30. The number of thioether (sulfide) groups is 1. The lowest BCUT2D eigenvalue weighted by molar-refractivity contribution is 0.466. The van der Waals surface area contributed by atoms with Gasteiger partial charge in [-0.15, -0.1) is 20.4 Å². The Morgan fingerprint density at radius 1 is 1.07 bits per heavy atom. The van der Waals surface area contributed by atoms with Gasteiger partial charge in [0.15, 0.2) is 11.0 Å². The van der Waals surface area contributed by atoms with Crippen LogP contribution in [0.3, 0.4) is 0 Å². The summed E-state index contributed by atoms with van der Waals surface area (Å²) in [6.07, 6.45) is 2.27.